The van der Waals surface area contributed by atoms with Gasteiger partial charge in [0.15, 0.2) is 0 Å². The molecule has 1 aromatic carbocycles. The van der Waals surface area contributed by atoms with Gasteiger partial charge in [0.05, 0.1) is 7.11 Å². The molecule has 1 aromatic rings. The average molecular weight is 424 g/mol. The minimum Gasteiger partial charge on any atom is -0.496 e. The monoisotopic (exact) mass is 423 g/mol. The average Bonchev–Trinajstić information content (AvgIpc) is 2.66. The lowest BCUT2D eigenvalue weighted by Gasteiger charge is -2.33. The fraction of sp³-hybridized carbons (Fsp3) is 0.550. The van der Waals surface area contributed by atoms with E-state index in [9.17, 15) is 4.79 Å². The molecule has 1 N–H and O–H groups in total. The minimum atomic E-state index is -0.0661. The fourth-order valence-corrected chi connectivity index (χ4v) is 3.44. The molecule has 0 unspecified atom stereocenters. The third kappa shape index (κ3) is 7.09. The number of methoxy groups -OCH3 is 1. The van der Waals surface area contributed by atoms with Crippen molar-refractivity contribution >= 4 is 27.9 Å². The number of hydrogen-bond acceptors (Lipinski definition) is 4. The normalized spacial score (nSPS) is 16.1. The third-order valence-corrected chi connectivity index (χ3v) is 5.21. The van der Waals surface area contributed by atoms with Crippen molar-refractivity contribution in [2.75, 3.05) is 52.9 Å². The molecule has 144 valence electrons. The molecule has 2 rings (SSSR count). The Morgan fingerprint density at radius 3 is 2.65 bits per heavy atom. The smallest absolute Gasteiger partial charge is 0.244 e. The molecule has 0 spiro atoms. The first kappa shape index (κ1) is 20.9. The number of nitrogens with zero attached hydrogens (tertiary/aromatic N) is 2. The quantitative estimate of drug-likeness (QED) is 0.489. The summed E-state index contributed by atoms with van der Waals surface area (Å²) < 4.78 is 6.26. The van der Waals surface area contributed by atoms with Crippen molar-refractivity contribution in [1.82, 2.24) is 15.1 Å². The number of benzene rings is 1. The Bertz CT molecular complexity index is 599. The predicted octanol–water partition coefficient (Wildman–Crippen LogP) is 3.00. The number of nitrogens with one attached hydrogen (secondary N) is 1. The van der Waals surface area contributed by atoms with E-state index in [1.165, 1.54) is 13.1 Å². The van der Waals surface area contributed by atoms with Crippen molar-refractivity contribution in [1.29, 1.82) is 0 Å². The summed E-state index contributed by atoms with van der Waals surface area (Å²) in [7, 11) is 1.63. The topological polar surface area (TPSA) is 44.8 Å². The van der Waals surface area contributed by atoms with Gasteiger partial charge in [0.2, 0.25) is 5.91 Å². The van der Waals surface area contributed by atoms with E-state index in [-0.39, 0.29) is 5.91 Å². The molecular formula is C20H30BrN3O2. The molecule has 0 aliphatic carbocycles. The maximum absolute atomic E-state index is 12.0. The van der Waals surface area contributed by atoms with Crippen molar-refractivity contribution in [3.63, 3.8) is 0 Å². The van der Waals surface area contributed by atoms with E-state index >= 15 is 0 Å². The van der Waals surface area contributed by atoms with E-state index in [4.69, 9.17) is 4.74 Å². The van der Waals surface area contributed by atoms with Gasteiger partial charge in [0, 0.05) is 48.8 Å². The van der Waals surface area contributed by atoms with E-state index in [0.717, 1.165) is 54.8 Å². The zero-order chi connectivity index (χ0) is 18.8. The van der Waals surface area contributed by atoms with Crippen molar-refractivity contribution in [2.45, 2.75) is 19.8 Å². The molecule has 6 heteroatoms. The second-order valence-electron chi connectivity index (χ2n) is 6.49. The molecule has 0 bridgehead atoms. The highest BCUT2D eigenvalue weighted by molar-refractivity contribution is 9.10. The summed E-state index contributed by atoms with van der Waals surface area (Å²) in [6.07, 6.45) is 5.48. The minimum absolute atomic E-state index is 0.0661. The molecule has 0 atom stereocenters. The van der Waals surface area contributed by atoms with Crippen LogP contribution in [0, 0.1) is 0 Å². The molecule has 0 aromatic heterocycles. The summed E-state index contributed by atoms with van der Waals surface area (Å²) in [6, 6.07) is 5.72. The Morgan fingerprint density at radius 2 is 1.96 bits per heavy atom. The Hall–Kier alpha value is -1.37. The second-order valence-corrected chi connectivity index (χ2v) is 7.41. The molecule has 1 aliphatic heterocycles. The number of rotatable bonds is 9. The Kier molecular flexibility index (Phi) is 9.15. The molecule has 26 heavy (non-hydrogen) atoms. The largest absolute Gasteiger partial charge is 0.496 e. The zero-order valence-electron chi connectivity index (χ0n) is 15.8. The van der Waals surface area contributed by atoms with Crippen LogP contribution >= 0.6 is 15.9 Å². The number of carbonyl (C=O) groups excluding carboxylic acids is 1. The highest BCUT2D eigenvalue weighted by atomic mass is 79.9. The Balaban J connectivity index is 1.63. The lowest BCUT2D eigenvalue weighted by molar-refractivity contribution is -0.116. The standard InChI is InChI=1S/C20H30BrN3O2/c1-3-23-12-14-24(15-13-23)11-5-4-10-22-20(25)9-6-17-16-18(21)7-8-19(17)26-2/h6-9,16H,3-5,10-15H2,1-2H3,(H,22,25)/b9-6+. The third-order valence-electron chi connectivity index (χ3n) is 4.72. The van der Waals surface area contributed by atoms with Crippen molar-refractivity contribution < 1.29 is 9.53 Å². The van der Waals surface area contributed by atoms with E-state index in [1.54, 1.807) is 19.3 Å². The molecule has 0 saturated carbocycles. The summed E-state index contributed by atoms with van der Waals surface area (Å²) in [6.45, 7) is 9.90. The number of piperazine rings is 1. The van der Waals surface area contributed by atoms with Gasteiger partial charge in [-0.1, -0.05) is 22.9 Å². The van der Waals surface area contributed by atoms with Crippen molar-refractivity contribution in [2.24, 2.45) is 0 Å². The summed E-state index contributed by atoms with van der Waals surface area (Å²) >= 11 is 3.44. The van der Waals surface area contributed by atoms with Crippen LogP contribution in [0.4, 0.5) is 0 Å². The predicted molar refractivity (Wildman–Crippen MR) is 111 cm³/mol. The molecule has 1 saturated heterocycles. The lowest BCUT2D eigenvalue weighted by Crippen LogP contribution is -2.46. The van der Waals surface area contributed by atoms with Gasteiger partial charge in [-0.05, 0) is 50.2 Å². The van der Waals surface area contributed by atoms with Crippen LogP contribution in [-0.2, 0) is 4.79 Å². The summed E-state index contributed by atoms with van der Waals surface area (Å²) in [4.78, 5) is 17.0. The first-order valence-electron chi connectivity index (χ1n) is 9.36. The van der Waals surface area contributed by atoms with E-state index in [2.05, 4.69) is 38.0 Å². The first-order chi connectivity index (χ1) is 12.6. The summed E-state index contributed by atoms with van der Waals surface area (Å²) in [5.74, 6) is 0.684. The van der Waals surface area contributed by atoms with Gasteiger partial charge in [-0.2, -0.15) is 0 Å². The van der Waals surface area contributed by atoms with Gasteiger partial charge >= 0.3 is 0 Å². The number of likely N-dealkylation sites (N-methyl/N-ethyl adjacent to an activating group) is 1. The lowest BCUT2D eigenvalue weighted by atomic mass is 10.2. The van der Waals surface area contributed by atoms with E-state index < -0.39 is 0 Å². The van der Waals surface area contributed by atoms with Crippen LogP contribution in [0.15, 0.2) is 28.7 Å². The van der Waals surface area contributed by atoms with Gasteiger partial charge in [-0.3, -0.25) is 4.79 Å². The molecule has 5 nitrogen and oxygen atoms in total. The van der Waals surface area contributed by atoms with Crippen molar-refractivity contribution in [3.8, 4) is 5.75 Å². The van der Waals surface area contributed by atoms with Crippen LogP contribution in [-0.4, -0.2) is 68.6 Å². The molecule has 1 heterocycles. The summed E-state index contributed by atoms with van der Waals surface area (Å²) in [5, 5.41) is 2.95. The second kappa shape index (κ2) is 11.4. The van der Waals surface area contributed by atoms with Crippen LogP contribution in [0.25, 0.3) is 6.08 Å². The molecular weight excluding hydrogens is 394 g/mol. The van der Waals surface area contributed by atoms with Crippen LogP contribution < -0.4 is 10.1 Å². The molecule has 0 radical (unpaired) electrons. The SMILES string of the molecule is CCN1CCN(CCCCNC(=O)/C=C/c2cc(Br)ccc2OC)CC1. The van der Waals surface area contributed by atoms with Gasteiger partial charge in [-0.15, -0.1) is 0 Å². The highest BCUT2D eigenvalue weighted by Gasteiger charge is 2.14. The zero-order valence-corrected chi connectivity index (χ0v) is 17.4. The fourth-order valence-electron chi connectivity index (χ4n) is 3.06. The van der Waals surface area contributed by atoms with E-state index in [1.807, 2.05) is 18.2 Å². The molecule has 1 amide bonds. The molecule has 1 aliphatic rings. The number of halogens is 1. The van der Waals surface area contributed by atoms with Crippen LogP contribution in [0.5, 0.6) is 5.75 Å². The van der Waals surface area contributed by atoms with Gasteiger partial charge in [0.1, 0.15) is 5.75 Å². The van der Waals surface area contributed by atoms with E-state index in [0.29, 0.717) is 6.54 Å². The number of hydrogen-bond donors (Lipinski definition) is 1. The van der Waals surface area contributed by atoms with Gasteiger partial charge in [-0.25, -0.2) is 0 Å². The number of amides is 1. The Morgan fingerprint density at radius 1 is 1.23 bits per heavy atom. The maximum Gasteiger partial charge on any atom is 0.244 e. The number of unbranched alkanes of at least 4 members (excludes halogenated alkanes) is 1. The van der Waals surface area contributed by atoms with Gasteiger partial charge < -0.3 is 19.9 Å². The number of ether oxygens (including phenoxy) is 1. The van der Waals surface area contributed by atoms with Crippen LogP contribution in [0.1, 0.15) is 25.3 Å². The summed E-state index contributed by atoms with van der Waals surface area (Å²) in [5.41, 5.74) is 0.878. The first-order valence-corrected chi connectivity index (χ1v) is 10.2. The Labute approximate surface area is 165 Å². The number of carbonyl (C=O) groups is 1. The molecule has 1 fully saturated rings. The van der Waals surface area contributed by atoms with Crippen molar-refractivity contribution in [3.05, 3.63) is 34.3 Å². The van der Waals surface area contributed by atoms with Crippen LogP contribution in [0.3, 0.4) is 0 Å². The van der Waals surface area contributed by atoms with Crippen LogP contribution in [0.2, 0.25) is 0 Å². The van der Waals surface area contributed by atoms with Gasteiger partial charge in [0.25, 0.3) is 0 Å². The maximum atomic E-state index is 12.0. The highest BCUT2D eigenvalue weighted by Crippen LogP contribution is 2.23.